The third-order valence-electron chi connectivity index (χ3n) is 4.89. The maximum Gasteiger partial charge on any atom is 0.226 e. The fourth-order valence-corrected chi connectivity index (χ4v) is 3.25. The van der Waals surface area contributed by atoms with E-state index < -0.39 is 0 Å². The number of carbonyl (C=O) groups is 1. The second-order valence-electron chi connectivity index (χ2n) is 7.16. The molecule has 1 N–H and O–H groups in total. The fraction of sp³-hybridized carbons (Fsp3) is 0.500. The van der Waals surface area contributed by atoms with Gasteiger partial charge in [0.25, 0.3) is 0 Å². The number of hydrogen-bond donors (Lipinski definition) is 1. The lowest BCUT2D eigenvalue weighted by atomic mass is 10.1. The zero-order valence-electron chi connectivity index (χ0n) is 15.5. The molecule has 2 heterocycles. The summed E-state index contributed by atoms with van der Waals surface area (Å²) in [7, 11) is 0. The Hall–Kier alpha value is -2.14. The zero-order chi connectivity index (χ0) is 18.0. The molecule has 2 aromatic rings. The van der Waals surface area contributed by atoms with Crippen LogP contribution < -0.4 is 5.32 Å². The van der Waals surface area contributed by atoms with Gasteiger partial charge < -0.3 is 9.73 Å². The van der Waals surface area contributed by atoms with Crippen LogP contribution in [0.2, 0.25) is 0 Å². The minimum atomic E-state index is 0.160. The van der Waals surface area contributed by atoms with Gasteiger partial charge in [-0.15, -0.1) is 0 Å². The van der Waals surface area contributed by atoms with E-state index in [1.165, 1.54) is 0 Å². The van der Waals surface area contributed by atoms with Crippen molar-refractivity contribution in [2.75, 3.05) is 6.54 Å². The average Bonchev–Trinajstić information content (AvgIpc) is 3.13. The van der Waals surface area contributed by atoms with E-state index in [-0.39, 0.29) is 11.9 Å². The van der Waals surface area contributed by atoms with Gasteiger partial charge in [-0.1, -0.05) is 18.2 Å². The van der Waals surface area contributed by atoms with Crippen LogP contribution in [0.15, 0.2) is 28.7 Å². The van der Waals surface area contributed by atoms with E-state index in [1.54, 1.807) is 0 Å². The lowest BCUT2D eigenvalue weighted by molar-refractivity contribution is -0.119. The predicted octanol–water partition coefficient (Wildman–Crippen LogP) is 3.45. The lowest BCUT2D eigenvalue weighted by Gasteiger charge is -2.28. The normalized spacial score (nSPS) is 17.5. The largest absolute Gasteiger partial charge is 0.441 e. The van der Waals surface area contributed by atoms with E-state index in [9.17, 15) is 4.79 Å². The number of amides is 1. The molecule has 134 valence electrons. The van der Waals surface area contributed by atoms with E-state index in [0.717, 1.165) is 42.1 Å². The molecule has 1 aliphatic heterocycles. The molecule has 1 atom stereocenters. The summed E-state index contributed by atoms with van der Waals surface area (Å²) in [6.45, 7) is 9.96. The Balaban J connectivity index is 1.76. The molecule has 0 saturated carbocycles. The molecule has 25 heavy (non-hydrogen) atoms. The number of aromatic nitrogens is 1. The van der Waals surface area contributed by atoms with E-state index >= 15 is 0 Å². The summed E-state index contributed by atoms with van der Waals surface area (Å²) in [6.07, 6.45) is 1.55. The maximum absolute atomic E-state index is 11.5. The molecule has 3 rings (SSSR count). The molecule has 0 unspecified atom stereocenters. The van der Waals surface area contributed by atoms with Crippen molar-refractivity contribution in [1.82, 2.24) is 15.2 Å². The maximum atomic E-state index is 11.5. The van der Waals surface area contributed by atoms with Crippen molar-refractivity contribution >= 4 is 5.91 Å². The number of benzene rings is 1. The monoisotopic (exact) mass is 341 g/mol. The molecule has 0 bridgehead atoms. The van der Waals surface area contributed by atoms with E-state index in [0.29, 0.717) is 18.4 Å². The first-order valence-electron chi connectivity index (χ1n) is 8.99. The van der Waals surface area contributed by atoms with Crippen LogP contribution in [0.4, 0.5) is 0 Å². The standard InChI is InChI=1S/C20H27N3O2/c1-13(2)23(11-16-9-10-19(24)21-16)12-18-15(4)25-20(22-18)17-8-6-5-7-14(17)3/h5-8,13,16H,9-12H2,1-4H3,(H,21,24)/t16-/m0/s1. The molecule has 1 aliphatic rings. The summed E-state index contributed by atoms with van der Waals surface area (Å²) in [5.74, 6) is 1.70. The second kappa shape index (κ2) is 7.40. The molecular weight excluding hydrogens is 314 g/mol. The summed E-state index contributed by atoms with van der Waals surface area (Å²) >= 11 is 0. The van der Waals surface area contributed by atoms with Gasteiger partial charge in [0.1, 0.15) is 5.76 Å². The molecule has 1 aromatic carbocycles. The minimum Gasteiger partial charge on any atom is -0.441 e. The summed E-state index contributed by atoms with van der Waals surface area (Å²) in [5.41, 5.74) is 3.16. The van der Waals surface area contributed by atoms with Crippen LogP contribution >= 0.6 is 0 Å². The summed E-state index contributed by atoms with van der Waals surface area (Å²) in [4.78, 5) is 18.6. The summed E-state index contributed by atoms with van der Waals surface area (Å²) in [5, 5.41) is 3.05. The Morgan fingerprint density at radius 1 is 1.32 bits per heavy atom. The third kappa shape index (κ3) is 4.10. The van der Waals surface area contributed by atoms with Crippen LogP contribution in [0.5, 0.6) is 0 Å². The van der Waals surface area contributed by atoms with Gasteiger partial charge in [-0.25, -0.2) is 4.98 Å². The van der Waals surface area contributed by atoms with Crippen LogP contribution in [0.1, 0.15) is 43.7 Å². The Kier molecular flexibility index (Phi) is 5.23. The molecule has 1 fully saturated rings. The number of oxazole rings is 1. The first-order chi connectivity index (χ1) is 11.9. The molecule has 1 aromatic heterocycles. The Bertz CT molecular complexity index is 751. The fourth-order valence-electron chi connectivity index (χ4n) is 3.25. The highest BCUT2D eigenvalue weighted by atomic mass is 16.4. The topological polar surface area (TPSA) is 58.4 Å². The molecule has 0 spiro atoms. The molecule has 0 aliphatic carbocycles. The Morgan fingerprint density at radius 2 is 2.08 bits per heavy atom. The van der Waals surface area contributed by atoms with Gasteiger partial charge >= 0.3 is 0 Å². The first-order valence-corrected chi connectivity index (χ1v) is 8.99. The van der Waals surface area contributed by atoms with Crippen LogP contribution in [0.3, 0.4) is 0 Å². The Labute approximate surface area is 149 Å². The van der Waals surface area contributed by atoms with Crippen molar-refractivity contribution in [3.05, 3.63) is 41.3 Å². The van der Waals surface area contributed by atoms with Crippen molar-refractivity contribution in [3.8, 4) is 11.5 Å². The van der Waals surface area contributed by atoms with E-state index in [4.69, 9.17) is 9.40 Å². The van der Waals surface area contributed by atoms with Crippen molar-refractivity contribution < 1.29 is 9.21 Å². The molecule has 5 nitrogen and oxygen atoms in total. The van der Waals surface area contributed by atoms with Gasteiger partial charge in [-0.2, -0.15) is 0 Å². The number of nitrogens with zero attached hydrogens (tertiary/aromatic N) is 2. The smallest absolute Gasteiger partial charge is 0.226 e. The van der Waals surface area contributed by atoms with E-state index in [2.05, 4.69) is 37.1 Å². The minimum absolute atomic E-state index is 0.160. The van der Waals surface area contributed by atoms with Gasteiger partial charge in [0.2, 0.25) is 11.8 Å². The lowest BCUT2D eigenvalue weighted by Crippen LogP contribution is -2.41. The highest BCUT2D eigenvalue weighted by Crippen LogP contribution is 2.25. The van der Waals surface area contributed by atoms with Crippen LogP contribution in [-0.2, 0) is 11.3 Å². The second-order valence-corrected chi connectivity index (χ2v) is 7.16. The van der Waals surface area contributed by atoms with E-state index in [1.807, 2.05) is 25.1 Å². The van der Waals surface area contributed by atoms with Crippen LogP contribution in [-0.4, -0.2) is 34.4 Å². The summed E-state index contributed by atoms with van der Waals surface area (Å²) < 4.78 is 5.94. The van der Waals surface area contributed by atoms with Crippen molar-refractivity contribution in [2.24, 2.45) is 0 Å². The molecule has 0 radical (unpaired) electrons. The highest BCUT2D eigenvalue weighted by molar-refractivity contribution is 5.78. The van der Waals surface area contributed by atoms with Gasteiger partial charge in [0.15, 0.2) is 0 Å². The predicted molar refractivity (Wildman–Crippen MR) is 98.1 cm³/mol. The third-order valence-corrected chi connectivity index (χ3v) is 4.89. The molecule has 1 amide bonds. The number of carbonyl (C=O) groups excluding carboxylic acids is 1. The van der Waals surface area contributed by atoms with Gasteiger partial charge in [-0.05, 0) is 45.7 Å². The van der Waals surface area contributed by atoms with Gasteiger partial charge in [-0.3, -0.25) is 9.69 Å². The first kappa shape index (κ1) is 17.7. The molecule has 5 heteroatoms. The van der Waals surface area contributed by atoms with Crippen molar-refractivity contribution in [3.63, 3.8) is 0 Å². The average molecular weight is 341 g/mol. The van der Waals surface area contributed by atoms with Gasteiger partial charge in [0.05, 0.1) is 5.69 Å². The Morgan fingerprint density at radius 3 is 2.72 bits per heavy atom. The van der Waals surface area contributed by atoms with Crippen LogP contribution in [0.25, 0.3) is 11.5 Å². The number of hydrogen-bond acceptors (Lipinski definition) is 4. The number of nitrogens with one attached hydrogen (secondary N) is 1. The zero-order valence-corrected chi connectivity index (χ0v) is 15.5. The van der Waals surface area contributed by atoms with Gasteiger partial charge in [0, 0.05) is 37.2 Å². The molecular formula is C20H27N3O2. The quantitative estimate of drug-likeness (QED) is 0.874. The van der Waals surface area contributed by atoms with Crippen LogP contribution in [0, 0.1) is 13.8 Å². The van der Waals surface area contributed by atoms with Crippen molar-refractivity contribution in [2.45, 2.75) is 59.2 Å². The number of rotatable bonds is 6. The highest BCUT2D eigenvalue weighted by Gasteiger charge is 2.25. The SMILES string of the molecule is Cc1ccccc1-c1nc(CN(C[C@@H]2CCC(=O)N2)C(C)C)c(C)o1. The number of aryl methyl sites for hydroxylation is 2. The van der Waals surface area contributed by atoms with Crippen molar-refractivity contribution in [1.29, 1.82) is 0 Å². The molecule has 1 saturated heterocycles. The summed E-state index contributed by atoms with van der Waals surface area (Å²) in [6, 6.07) is 8.74.